The van der Waals surface area contributed by atoms with E-state index in [1.807, 2.05) is 38.1 Å². The monoisotopic (exact) mass is 249 g/mol. The number of halogens is 1. The van der Waals surface area contributed by atoms with Crippen LogP contribution in [0.2, 0.25) is 5.02 Å². The van der Waals surface area contributed by atoms with Crippen molar-refractivity contribution in [2.75, 3.05) is 5.43 Å². The standard InChI is InChI=1S/C12H12ClN3O/c1-8-7-12(16-17-8)9(2)14-15-11-6-4-3-5-10(11)13/h3-7,15H,1-2H3/b14-9-. The number of anilines is 1. The minimum Gasteiger partial charge on any atom is -0.361 e. The van der Waals surface area contributed by atoms with E-state index in [-0.39, 0.29) is 0 Å². The van der Waals surface area contributed by atoms with Gasteiger partial charge in [-0.3, -0.25) is 5.43 Å². The number of para-hydroxylation sites is 1. The van der Waals surface area contributed by atoms with E-state index in [2.05, 4.69) is 15.7 Å². The molecule has 0 aliphatic carbocycles. The molecule has 2 rings (SSSR count). The van der Waals surface area contributed by atoms with Crippen LogP contribution in [-0.2, 0) is 0 Å². The quantitative estimate of drug-likeness (QED) is 0.669. The molecule has 1 N–H and O–H groups in total. The second-order valence-electron chi connectivity index (χ2n) is 3.61. The van der Waals surface area contributed by atoms with Crippen molar-refractivity contribution < 1.29 is 4.52 Å². The van der Waals surface area contributed by atoms with Crippen LogP contribution >= 0.6 is 11.6 Å². The molecule has 0 aliphatic rings. The van der Waals surface area contributed by atoms with Crippen molar-refractivity contribution in [2.24, 2.45) is 5.10 Å². The van der Waals surface area contributed by atoms with Gasteiger partial charge < -0.3 is 4.52 Å². The lowest BCUT2D eigenvalue weighted by Crippen LogP contribution is -2.00. The van der Waals surface area contributed by atoms with Gasteiger partial charge in [0.2, 0.25) is 0 Å². The molecule has 0 bridgehead atoms. The SMILES string of the molecule is C/C(=N/Nc1ccccc1Cl)c1cc(C)on1. The largest absolute Gasteiger partial charge is 0.361 e. The fraction of sp³-hybridized carbons (Fsp3) is 0.167. The topological polar surface area (TPSA) is 50.4 Å². The highest BCUT2D eigenvalue weighted by atomic mass is 35.5. The molecular weight excluding hydrogens is 238 g/mol. The summed E-state index contributed by atoms with van der Waals surface area (Å²) in [5.41, 5.74) is 5.10. The van der Waals surface area contributed by atoms with Gasteiger partial charge in [0.15, 0.2) is 0 Å². The molecule has 0 aliphatic heterocycles. The van der Waals surface area contributed by atoms with E-state index in [9.17, 15) is 0 Å². The van der Waals surface area contributed by atoms with Crippen LogP contribution in [-0.4, -0.2) is 10.9 Å². The first-order valence-corrected chi connectivity index (χ1v) is 5.53. The summed E-state index contributed by atoms with van der Waals surface area (Å²) in [5.74, 6) is 0.757. The average molecular weight is 250 g/mol. The lowest BCUT2D eigenvalue weighted by Gasteiger charge is -2.03. The predicted octanol–water partition coefficient (Wildman–Crippen LogP) is 3.47. The summed E-state index contributed by atoms with van der Waals surface area (Å²) < 4.78 is 4.98. The van der Waals surface area contributed by atoms with Crippen molar-refractivity contribution in [3.63, 3.8) is 0 Å². The number of benzene rings is 1. The van der Waals surface area contributed by atoms with Gasteiger partial charge in [0.05, 0.1) is 16.4 Å². The zero-order valence-electron chi connectivity index (χ0n) is 9.57. The Kier molecular flexibility index (Phi) is 3.44. The first-order valence-electron chi connectivity index (χ1n) is 5.15. The summed E-state index contributed by atoms with van der Waals surface area (Å²) in [6.45, 7) is 3.69. The minimum absolute atomic E-state index is 0.625. The number of aryl methyl sites for hydroxylation is 1. The van der Waals surface area contributed by atoms with E-state index < -0.39 is 0 Å². The van der Waals surface area contributed by atoms with E-state index in [1.54, 1.807) is 6.07 Å². The fourth-order valence-corrected chi connectivity index (χ4v) is 1.47. The van der Waals surface area contributed by atoms with Gasteiger partial charge in [-0.2, -0.15) is 5.10 Å². The highest BCUT2D eigenvalue weighted by Gasteiger charge is 2.04. The molecular formula is C12H12ClN3O. The third-order valence-corrected chi connectivity index (χ3v) is 2.55. The Balaban J connectivity index is 2.13. The van der Waals surface area contributed by atoms with Crippen molar-refractivity contribution >= 4 is 23.0 Å². The van der Waals surface area contributed by atoms with Gasteiger partial charge in [-0.05, 0) is 26.0 Å². The van der Waals surface area contributed by atoms with Crippen molar-refractivity contribution in [3.8, 4) is 0 Å². The number of aromatic nitrogens is 1. The first kappa shape index (κ1) is 11.7. The molecule has 0 spiro atoms. The summed E-state index contributed by atoms with van der Waals surface area (Å²) in [6, 6.07) is 9.24. The molecule has 1 aromatic heterocycles. The Hall–Kier alpha value is -1.81. The Bertz CT molecular complexity index is 548. The Morgan fingerprint density at radius 2 is 2.18 bits per heavy atom. The van der Waals surface area contributed by atoms with Crippen LogP contribution < -0.4 is 5.43 Å². The number of hydrogen-bond acceptors (Lipinski definition) is 4. The summed E-state index contributed by atoms with van der Waals surface area (Å²) in [4.78, 5) is 0. The Labute approximate surface area is 104 Å². The maximum Gasteiger partial charge on any atom is 0.134 e. The summed E-state index contributed by atoms with van der Waals surface area (Å²) in [6.07, 6.45) is 0. The number of rotatable bonds is 3. The molecule has 17 heavy (non-hydrogen) atoms. The summed E-state index contributed by atoms with van der Waals surface area (Å²) >= 11 is 5.99. The fourth-order valence-electron chi connectivity index (χ4n) is 1.29. The molecule has 0 fully saturated rings. The van der Waals surface area contributed by atoms with Crippen LogP contribution in [0.1, 0.15) is 18.4 Å². The number of hydrogen-bond donors (Lipinski definition) is 1. The molecule has 88 valence electrons. The highest BCUT2D eigenvalue weighted by molar-refractivity contribution is 6.33. The maximum absolute atomic E-state index is 5.99. The molecule has 5 heteroatoms. The maximum atomic E-state index is 5.99. The minimum atomic E-state index is 0.625. The molecule has 0 radical (unpaired) electrons. The molecule has 1 heterocycles. The van der Waals surface area contributed by atoms with Gasteiger partial charge in [-0.1, -0.05) is 28.9 Å². The lowest BCUT2D eigenvalue weighted by molar-refractivity contribution is 0.396. The van der Waals surface area contributed by atoms with E-state index in [1.165, 1.54) is 0 Å². The molecule has 2 aromatic rings. The van der Waals surface area contributed by atoms with E-state index in [0.29, 0.717) is 10.7 Å². The predicted molar refractivity (Wildman–Crippen MR) is 68.5 cm³/mol. The molecule has 4 nitrogen and oxygen atoms in total. The second kappa shape index (κ2) is 5.01. The normalized spacial score (nSPS) is 11.6. The Morgan fingerprint density at radius 3 is 2.82 bits per heavy atom. The van der Waals surface area contributed by atoms with Crippen LogP contribution in [0.15, 0.2) is 40.0 Å². The zero-order chi connectivity index (χ0) is 12.3. The molecule has 0 amide bonds. The van der Waals surface area contributed by atoms with Gasteiger partial charge in [0.1, 0.15) is 11.5 Å². The van der Waals surface area contributed by atoms with E-state index in [4.69, 9.17) is 16.1 Å². The molecule has 0 atom stereocenters. The van der Waals surface area contributed by atoms with Crippen LogP contribution in [0.5, 0.6) is 0 Å². The van der Waals surface area contributed by atoms with E-state index >= 15 is 0 Å². The smallest absolute Gasteiger partial charge is 0.134 e. The summed E-state index contributed by atoms with van der Waals surface area (Å²) in [5, 5.41) is 8.70. The third kappa shape index (κ3) is 2.85. The van der Waals surface area contributed by atoms with Crippen molar-refractivity contribution in [3.05, 3.63) is 46.8 Å². The zero-order valence-corrected chi connectivity index (χ0v) is 10.3. The van der Waals surface area contributed by atoms with Gasteiger partial charge in [-0.15, -0.1) is 0 Å². The van der Waals surface area contributed by atoms with Gasteiger partial charge in [0.25, 0.3) is 0 Å². The van der Waals surface area contributed by atoms with Crippen molar-refractivity contribution in [2.45, 2.75) is 13.8 Å². The average Bonchev–Trinajstić information content (AvgIpc) is 2.74. The van der Waals surface area contributed by atoms with Gasteiger partial charge in [0, 0.05) is 6.07 Å². The Morgan fingerprint density at radius 1 is 1.41 bits per heavy atom. The van der Waals surface area contributed by atoms with Crippen LogP contribution in [0.3, 0.4) is 0 Å². The van der Waals surface area contributed by atoms with Crippen molar-refractivity contribution in [1.29, 1.82) is 0 Å². The lowest BCUT2D eigenvalue weighted by atomic mass is 10.3. The first-order chi connectivity index (χ1) is 8.16. The molecule has 0 saturated heterocycles. The molecule has 1 aromatic carbocycles. The number of hydrazone groups is 1. The number of nitrogens with one attached hydrogen (secondary N) is 1. The highest BCUT2D eigenvalue weighted by Crippen LogP contribution is 2.20. The van der Waals surface area contributed by atoms with Crippen molar-refractivity contribution in [1.82, 2.24) is 5.16 Å². The summed E-state index contributed by atoms with van der Waals surface area (Å²) in [7, 11) is 0. The van der Waals surface area contributed by atoms with Gasteiger partial charge in [-0.25, -0.2) is 0 Å². The van der Waals surface area contributed by atoms with Gasteiger partial charge >= 0.3 is 0 Å². The van der Waals surface area contributed by atoms with E-state index in [0.717, 1.165) is 17.2 Å². The molecule has 0 unspecified atom stereocenters. The van der Waals surface area contributed by atoms with Crippen LogP contribution in [0.25, 0.3) is 0 Å². The van der Waals surface area contributed by atoms with Crippen LogP contribution in [0, 0.1) is 6.92 Å². The second-order valence-corrected chi connectivity index (χ2v) is 4.02. The van der Waals surface area contributed by atoms with Crippen LogP contribution in [0.4, 0.5) is 5.69 Å². The number of nitrogens with zero attached hydrogens (tertiary/aromatic N) is 2. The third-order valence-electron chi connectivity index (χ3n) is 2.22. The molecule has 0 saturated carbocycles.